The first kappa shape index (κ1) is 23.6. The van der Waals surface area contributed by atoms with Gasteiger partial charge in [0.1, 0.15) is 11.3 Å². The number of H-pyrrole nitrogens is 1. The molecule has 0 unspecified atom stereocenters. The number of aryl methyl sites for hydroxylation is 1. The van der Waals surface area contributed by atoms with Crippen molar-refractivity contribution in [2.75, 3.05) is 33.4 Å². The normalized spacial score (nSPS) is 14.9. The van der Waals surface area contributed by atoms with E-state index in [1.165, 1.54) is 34.9 Å². The summed E-state index contributed by atoms with van der Waals surface area (Å²) in [6.45, 7) is 9.68. The highest BCUT2D eigenvalue weighted by Gasteiger charge is 2.21. The summed E-state index contributed by atoms with van der Waals surface area (Å²) in [6.07, 6.45) is 6.27. The van der Waals surface area contributed by atoms with Crippen LogP contribution in [-0.2, 0) is 4.74 Å². The number of nitrogens with one attached hydrogen (secondary N) is 3. The standard InChI is InChI=1S/C28H35N5O2/c1-17(2)25-22-14-20(19-7-9-29-10-8-19)5-6-23(22)31-26(25)21-13-18(3)27-32-24(16-33(27)15-21)28(34)30-11-12-35-4/h5-6,13-17,19,29,31H,7-12H2,1-4H3,(H,30,34). The number of imidazole rings is 1. The fourth-order valence-electron chi connectivity index (χ4n) is 5.34. The Morgan fingerprint density at radius 3 is 2.77 bits per heavy atom. The van der Waals surface area contributed by atoms with Crippen molar-refractivity contribution in [3.63, 3.8) is 0 Å². The molecular formula is C28H35N5O2. The number of aromatic nitrogens is 3. The second-order valence-electron chi connectivity index (χ2n) is 9.92. The number of hydrogen-bond acceptors (Lipinski definition) is 4. The summed E-state index contributed by atoms with van der Waals surface area (Å²) >= 11 is 0. The predicted octanol–water partition coefficient (Wildman–Crippen LogP) is 4.76. The molecule has 0 bridgehead atoms. The third-order valence-corrected chi connectivity index (χ3v) is 7.10. The van der Waals surface area contributed by atoms with Gasteiger partial charge in [-0.05, 0) is 79.6 Å². The van der Waals surface area contributed by atoms with Gasteiger partial charge in [0.25, 0.3) is 5.91 Å². The van der Waals surface area contributed by atoms with Gasteiger partial charge >= 0.3 is 0 Å². The molecule has 3 aromatic heterocycles. The Bertz CT molecular complexity index is 1360. The third-order valence-electron chi connectivity index (χ3n) is 7.10. The number of benzene rings is 1. The molecule has 0 saturated carbocycles. The molecule has 0 spiro atoms. The molecule has 7 heteroatoms. The lowest BCUT2D eigenvalue weighted by molar-refractivity contribution is 0.0932. The van der Waals surface area contributed by atoms with Crippen molar-refractivity contribution in [2.45, 2.75) is 45.4 Å². The lowest BCUT2D eigenvalue weighted by Gasteiger charge is -2.23. The lowest BCUT2D eigenvalue weighted by atomic mass is 9.88. The number of aromatic amines is 1. The minimum absolute atomic E-state index is 0.189. The van der Waals surface area contributed by atoms with Crippen molar-refractivity contribution >= 4 is 22.5 Å². The van der Waals surface area contributed by atoms with Crippen LogP contribution < -0.4 is 10.6 Å². The van der Waals surface area contributed by atoms with E-state index in [9.17, 15) is 4.79 Å². The van der Waals surface area contributed by atoms with E-state index < -0.39 is 0 Å². The highest BCUT2D eigenvalue weighted by molar-refractivity contribution is 5.94. The number of carbonyl (C=O) groups is 1. The van der Waals surface area contributed by atoms with Crippen LogP contribution in [0.25, 0.3) is 27.8 Å². The Kier molecular flexibility index (Phi) is 6.62. The zero-order valence-electron chi connectivity index (χ0n) is 21.1. The lowest BCUT2D eigenvalue weighted by Crippen LogP contribution is -2.27. The molecule has 35 heavy (non-hydrogen) atoms. The molecule has 5 rings (SSSR count). The third kappa shape index (κ3) is 4.58. The van der Waals surface area contributed by atoms with Gasteiger partial charge in [-0.1, -0.05) is 19.9 Å². The van der Waals surface area contributed by atoms with Gasteiger partial charge < -0.3 is 24.8 Å². The van der Waals surface area contributed by atoms with Gasteiger partial charge in [0, 0.05) is 42.5 Å². The van der Waals surface area contributed by atoms with Crippen LogP contribution in [0.4, 0.5) is 0 Å². The van der Waals surface area contributed by atoms with Crippen molar-refractivity contribution in [1.82, 2.24) is 25.0 Å². The largest absolute Gasteiger partial charge is 0.383 e. The van der Waals surface area contributed by atoms with Gasteiger partial charge in [-0.2, -0.15) is 0 Å². The fraction of sp³-hybridized carbons (Fsp3) is 0.429. The Labute approximate surface area is 206 Å². The van der Waals surface area contributed by atoms with Crippen LogP contribution in [0, 0.1) is 6.92 Å². The zero-order valence-corrected chi connectivity index (χ0v) is 21.1. The van der Waals surface area contributed by atoms with Gasteiger partial charge in [0.05, 0.1) is 12.3 Å². The van der Waals surface area contributed by atoms with Crippen LogP contribution in [0.2, 0.25) is 0 Å². The Morgan fingerprint density at radius 1 is 1.23 bits per heavy atom. The number of piperidine rings is 1. The molecule has 4 heterocycles. The van der Waals surface area contributed by atoms with Crippen molar-refractivity contribution in [1.29, 1.82) is 0 Å². The van der Waals surface area contributed by atoms with Gasteiger partial charge in [0.15, 0.2) is 0 Å². The Hall–Kier alpha value is -3.16. The SMILES string of the molecule is COCCNC(=O)c1cn2cc(-c3[nH]c4ccc(C5CCNCC5)cc4c3C(C)C)cc(C)c2n1. The number of carbonyl (C=O) groups excluding carboxylic acids is 1. The second-order valence-corrected chi connectivity index (χ2v) is 9.92. The van der Waals surface area contributed by atoms with Crippen molar-refractivity contribution < 1.29 is 9.53 Å². The van der Waals surface area contributed by atoms with Crippen LogP contribution in [0.1, 0.15) is 65.7 Å². The quantitative estimate of drug-likeness (QED) is 0.338. The summed E-state index contributed by atoms with van der Waals surface area (Å²) in [5.41, 5.74) is 8.42. The number of rotatable bonds is 7. The number of amides is 1. The maximum atomic E-state index is 12.5. The molecule has 1 amide bonds. The van der Waals surface area contributed by atoms with Crippen LogP contribution >= 0.6 is 0 Å². The average Bonchev–Trinajstić information content (AvgIpc) is 3.46. The Balaban J connectivity index is 1.55. The maximum Gasteiger partial charge on any atom is 0.271 e. The summed E-state index contributed by atoms with van der Waals surface area (Å²) in [6, 6.07) is 9.11. The Morgan fingerprint density at radius 2 is 2.03 bits per heavy atom. The number of hydrogen-bond donors (Lipinski definition) is 3. The first-order valence-electron chi connectivity index (χ1n) is 12.6. The zero-order chi connectivity index (χ0) is 24.5. The highest BCUT2D eigenvalue weighted by atomic mass is 16.5. The molecule has 0 radical (unpaired) electrons. The van der Waals surface area contributed by atoms with E-state index in [-0.39, 0.29) is 5.91 Å². The van der Waals surface area contributed by atoms with E-state index in [2.05, 4.69) is 64.9 Å². The van der Waals surface area contributed by atoms with E-state index in [0.29, 0.717) is 30.7 Å². The number of ether oxygens (including phenoxy) is 1. The predicted molar refractivity (Wildman–Crippen MR) is 140 cm³/mol. The number of pyridine rings is 1. The van der Waals surface area contributed by atoms with E-state index in [1.807, 2.05) is 11.3 Å². The van der Waals surface area contributed by atoms with Gasteiger partial charge in [-0.3, -0.25) is 4.79 Å². The van der Waals surface area contributed by atoms with Crippen LogP contribution in [-0.4, -0.2) is 53.6 Å². The molecule has 3 N–H and O–H groups in total. The van der Waals surface area contributed by atoms with Crippen LogP contribution in [0.5, 0.6) is 0 Å². The number of fused-ring (bicyclic) bond motifs is 2. The smallest absolute Gasteiger partial charge is 0.271 e. The molecule has 7 nitrogen and oxygen atoms in total. The molecule has 4 aromatic rings. The number of nitrogens with zero attached hydrogens (tertiary/aromatic N) is 2. The van der Waals surface area contributed by atoms with E-state index >= 15 is 0 Å². The van der Waals surface area contributed by atoms with Crippen LogP contribution in [0.3, 0.4) is 0 Å². The first-order chi connectivity index (χ1) is 17.0. The summed E-state index contributed by atoms with van der Waals surface area (Å²) in [7, 11) is 1.62. The van der Waals surface area contributed by atoms with Gasteiger partial charge in [0.2, 0.25) is 0 Å². The summed E-state index contributed by atoms with van der Waals surface area (Å²) in [4.78, 5) is 20.8. The van der Waals surface area contributed by atoms with E-state index in [0.717, 1.165) is 35.6 Å². The maximum absolute atomic E-state index is 12.5. The van der Waals surface area contributed by atoms with E-state index in [1.54, 1.807) is 13.3 Å². The van der Waals surface area contributed by atoms with E-state index in [4.69, 9.17) is 4.74 Å². The molecule has 1 fully saturated rings. The van der Waals surface area contributed by atoms with Crippen molar-refractivity contribution in [2.24, 2.45) is 0 Å². The van der Waals surface area contributed by atoms with Crippen molar-refractivity contribution in [3.8, 4) is 11.3 Å². The second kappa shape index (κ2) is 9.84. The topological polar surface area (TPSA) is 83.4 Å². The summed E-state index contributed by atoms with van der Waals surface area (Å²) < 4.78 is 6.99. The molecule has 1 aromatic carbocycles. The minimum Gasteiger partial charge on any atom is -0.383 e. The summed E-state index contributed by atoms with van der Waals surface area (Å²) in [5, 5.41) is 7.64. The molecule has 1 saturated heterocycles. The molecule has 1 aliphatic rings. The van der Waals surface area contributed by atoms with Gasteiger partial charge in [-0.15, -0.1) is 0 Å². The average molecular weight is 474 g/mol. The van der Waals surface area contributed by atoms with Crippen LogP contribution in [0.15, 0.2) is 36.7 Å². The van der Waals surface area contributed by atoms with Gasteiger partial charge in [-0.25, -0.2) is 4.98 Å². The number of methoxy groups -OCH3 is 1. The molecular weight excluding hydrogens is 438 g/mol. The fourth-order valence-corrected chi connectivity index (χ4v) is 5.34. The molecule has 1 aliphatic heterocycles. The molecule has 0 aliphatic carbocycles. The first-order valence-corrected chi connectivity index (χ1v) is 12.6. The highest BCUT2D eigenvalue weighted by Crippen LogP contribution is 2.38. The molecule has 0 atom stereocenters. The monoisotopic (exact) mass is 473 g/mol. The molecule has 184 valence electrons. The summed E-state index contributed by atoms with van der Waals surface area (Å²) in [5.74, 6) is 0.797. The van der Waals surface area contributed by atoms with Crippen molar-refractivity contribution in [3.05, 3.63) is 59.0 Å². The minimum atomic E-state index is -0.189.